The van der Waals surface area contributed by atoms with Gasteiger partial charge >= 0.3 is 0 Å². The SMILES string of the molecule is CCc1nc(NN)c(C)c(N(CC#N)CC#N)n1. The van der Waals surface area contributed by atoms with Crippen molar-refractivity contribution in [1.29, 1.82) is 10.5 Å². The van der Waals surface area contributed by atoms with Crippen LogP contribution in [0.25, 0.3) is 0 Å². The van der Waals surface area contributed by atoms with Gasteiger partial charge in [0, 0.05) is 12.0 Å². The van der Waals surface area contributed by atoms with Gasteiger partial charge in [0.15, 0.2) is 0 Å². The molecule has 0 unspecified atom stereocenters. The molecule has 0 aromatic carbocycles. The van der Waals surface area contributed by atoms with E-state index in [9.17, 15) is 0 Å². The fourth-order valence-electron chi connectivity index (χ4n) is 1.53. The maximum atomic E-state index is 8.78. The number of nitrogens with two attached hydrogens (primary N) is 1. The van der Waals surface area contributed by atoms with Gasteiger partial charge in [-0.2, -0.15) is 10.5 Å². The minimum atomic E-state index is 0.0958. The zero-order chi connectivity index (χ0) is 13.5. The molecule has 0 fully saturated rings. The van der Waals surface area contributed by atoms with Crippen molar-refractivity contribution < 1.29 is 0 Å². The minimum Gasteiger partial charge on any atom is -0.330 e. The number of hydrazine groups is 1. The molecule has 0 aliphatic heterocycles. The Bertz CT molecular complexity index is 481. The second kappa shape index (κ2) is 6.38. The molecule has 3 N–H and O–H groups in total. The predicted octanol–water partition coefficient (Wildman–Crippen LogP) is 0.487. The van der Waals surface area contributed by atoms with Gasteiger partial charge in [0.05, 0.1) is 12.1 Å². The highest BCUT2D eigenvalue weighted by Gasteiger charge is 2.15. The van der Waals surface area contributed by atoms with Gasteiger partial charge in [0.25, 0.3) is 0 Å². The molecular weight excluding hydrogens is 230 g/mol. The number of nitrogens with one attached hydrogen (secondary N) is 1. The second-order valence-electron chi connectivity index (χ2n) is 3.61. The summed E-state index contributed by atoms with van der Waals surface area (Å²) in [4.78, 5) is 10.2. The topological polar surface area (TPSA) is 115 Å². The fraction of sp³-hybridized carbons (Fsp3) is 0.455. The Kier molecular flexibility index (Phi) is 4.85. The van der Waals surface area contributed by atoms with E-state index in [1.807, 2.05) is 19.1 Å². The molecule has 0 saturated heterocycles. The molecule has 1 aromatic heterocycles. The van der Waals surface area contributed by atoms with Crippen LogP contribution in [-0.4, -0.2) is 23.1 Å². The van der Waals surface area contributed by atoms with E-state index < -0.39 is 0 Å². The van der Waals surface area contributed by atoms with E-state index >= 15 is 0 Å². The van der Waals surface area contributed by atoms with E-state index in [4.69, 9.17) is 16.4 Å². The van der Waals surface area contributed by atoms with E-state index in [2.05, 4.69) is 15.4 Å². The zero-order valence-electron chi connectivity index (χ0n) is 10.4. The van der Waals surface area contributed by atoms with Gasteiger partial charge in [-0.05, 0) is 6.92 Å². The third kappa shape index (κ3) is 2.84. The highest BCUT2D eigenvalue weighted by Crippen LogP contribution is 2.22. The molecule has 7 heteroatoms. The predicted molar refractivity (Wildman–Crippen MR) is 67.4 cm³/mol. The highest BCUT2D eigenvalue weighted by molar-refractivity contribution is 5.59. The van der Waals surface area contributed by atoms with Crippen LogP contribution in [0.5, 0.6) is 0 Å². The van der Waals surface area contributed by atoms with Gasteiger partial charge in [0.1, 0.15) is 30.5 Å². The van der Waals surface area contributed by atoms with Crippen molar-refractivity contribution >= 4 is 11.6 Å². The average Bonchev–Trinajstić information content (AvgIpc) is 2.39. The summed E-state index contributed by atoms with van der Waals surface area (Å²) in [5, 5.41) is 17.6. The third-order valence-electron chi connectivity index (χ3n) is 2.44. The average molecular weight is 245 g/mol. The summed E-state index contributed by atoms with van der Waals surface area (Å²) in [6, 6.07) is 4.03. The van der Waals surface area contributed by atoms with Crippen molar-refractivity contribution in [2.45, 2.75) is 20.3 Å². The molecule has 1 heterocycles. The van der Waals surface area contributed by atoms with Crippen LogP contribution < -0.4 is 16.2 Å². The van der Waals surface area contributed by atoms with E-state index in [1.54, 1.807) is 11.8 Å². The Morgan fingerprint density at radius 1 is 1.28 bits per heavy atom. The quantitative estimate of drug-likeness (QED) is 0.440. The molecule has 7 nitrogen and oxygen atoms in total. The maximum Gasteiger partial charge on any atom is 0.148 e. The summed E-state index contributed by atoms with van der Waals surface area (Å²) in [6.45, 7) is 3.91. The Labute approximate surface area is 106 Å². The summed E-state index contributed by atoms with van der Waals surface area (Å²) in [7, 11) is 0. The van der Waals surface area contributed by atoms with E-state index in [0.717, 1.165) is 5.56 Å². The molecule has 0 atom stereocenters. The second-order valence-corrected chi connectivity index (χ2v) is 3.61. The van der Waals surface area contributed by atoms with Crippen LogP contribution in [0.1, 0.15) is 18.3 Å². The Hall–Kier alpha value is -2.38. The van der Waals surface area contributed by atoms with Crippen molar-refractivity contribution in [2.24, 2.45) is 5.84 Å². The largest absolute Gasteiger partial charge is 0.330 e. The van der Waals surface area contributed by atoms with Crippen LogP contribution in [0.15, 0.2) is 0 Å². The van der Waals surface area contributed by atoms with Crippen molar-refractivity contribution in [1.82, 2.24) is 9.97 Å². The Morgan fingerprint density at radius 3 is 2.33 bits per heavy atom. The third-order valence-corrected chi connectivity index (χ3v) is 2.44. The van der Waals surface area contributed by atoms with Crippen molar-refractivity contribution in [3.05, 3.63) is 11.4 Å². The first-order chi connectivity index (χ1) is 8.67. The molecule has 0 radical (unpaired) electrons. The van der Waals surface area contributed by atoms with Gasteiger partial charge in [0.2, 0.25) is 0 Å². The summed E-state index contributed by atoms with van der Waals surface area (Å²) in [5.74, 6) is 7.10. The molecule has 18 heavy (non-hydrogen) atoms. The number of rotatable bonds is 5. The number of hydrogen-bond donors (Lipinski definition) is 2. The first-order valence-electron chi connectivity index (χ1n) is 5.50. The number of nitrogen functional groups attached to an aromatic ring is 1. The van der Waals surface area contributed by atoms with Crippen LogP contribution in [0.4, 0.5) is 11.6 Å². The highest BCUT2D eigenvalue weighted by atomic mass is 15.3. The Balaban J connectivity index is 3.28. The summed E-state index contributed by atoms with van der Waals surface area (Å²) in [6.07, 6.45) is 0.648. The molecule has 0 aliphatic rings. The van der Waals surface area contributed by atoms with Crippen LogP contribution in [0, 0.1) is 29.6 Å². The zero-order valence-corrected chi connectivity index (χ0v) is 10.4. The van der Waals surface area contributed by atoms with Crippen molar-refractivity contribution in [3.8, 4) is 12.1 Å². The molecule has 0 spiro atoms. The monoisotopic (exact) mass is 245 g/mol. The van der Waals surface area contributed by atoms with Gasteiger partial charge in [-0.1, -0.05) is 6.92 Å². The Morgan fingerprint density at radius 2 is 1.89 bits per heavy atom. The molecular formula is C11H15N7. The van der Waals surface area contributed by atoms with E-state index in [0.29, 0.717) is 23.9 Å². The number of aryl methyl sites for hydroxylation is 1. The van der Waals surface area contributed by atoms with E-state index in [-0.39, 0.29) is 13.1 Å². The first kappa shape index (κ1) is 13.7. The summed E-state index contributed by atoms with van der Waals surface area (Å²) < 4.78 is 0. The normalized spacial score (nSPS) is 9.39. The molecule has 0 amide bonds. The van der Waals surface area contributed by atoms with Crippen LogP contribution >= 0.6 is 0 Å². The minimum absolute atomic E-state index is 0.0958. The fourth-order valence-corrected chi connectivity index (χ4v) is 1.53. The first-order valence-corrected chi connectivity index (χ1v) is 5.50. The number of anilines is 2. The standard InChI is InChI=1S/C11H15N7/c1-3-9-15-10(17-14)8(2)11(16-9)18(6-4-12)7-5-13/h3,6-7,14H2,1-2H3,(H,15,16,17). The van der Waals surface area contributed by atoms with Crippen LogP contribution in [-0.2, 0) is 6.42 Å². The van der Waals surface area contributed by atoms with E-state index in [1.165, 1.54) is 0 Å². The molecule has 1 rings (SSSR count). The number of nitrogens with zero attached hydrogens (tertiary/aromatic N) is 5. The molecule has 0 saturated carbocycles. The number of hydrogen-bond acceptors (Lipinski definition) is 7. The van der Waals surface area contributed by atoms with Gasteiger partial charge in [-0.25, -0.2) is 15.8 Å². The smallest absolute Gasteiger partial charge is 0.148 e. The van der Waals surface area contributed by atoms with Gasteiger partial charge in [-0.15, -0.1) is 0 Å². The summed E-state index contributed by atoms with van der Waals surface area (Å²) in [5.41, 5.74) is 3.23. The van der Waals surface area contributed by atoms with Crippen LogP contribution in [0.2, 0.25) is 0 Å². The summed E-state index contributed by atoms with van der Waals surface area (Å²) >= 11 is 0. The lowest BCUT2D eigenvalue weighted by molar-refractivity contribution is 0.867. The maximum absolute atomic E-state index is 8.78. The molecule has 0 bridgehead atoms. The number of aromatic nitrogens is 2. The molecule has 1 aromatic rings. The molecule has 94 valence electrons. The van der Waals surface area contributed by atoms with Gasteiger partial charge in [-0.3, -0.25) is 0 Å². The van der Waals surface area contributed by atoms with Crippen molar-refractivity contribution in [2.75, 3.05) is 23.4 Å². The lowest BCUT2D eigenvalue weighted by Gasteiger charge is -2.21. The number of nitriles is 2. The lowest BCUT2D eigenvalue weighted by Crippen LogP contribution is -2.27. The van der Waals surface area contributed by atoms with Gasteiger partial charge < -0.3 is 10.3 Å². The lowest BCUT2D eigenvalue weighted by atomic mass is 10.2. The molecule has 0 aliphatic carbocycles. The van der Waals surface area contributed by atoms with Crippen LogP contribution in [0.3, 0.4) is 0 Å². The van der Waals surface area contributed by atoms with Crippen molar-refractivity contribution in [3.63, 3.8) is 0 Å².